The lowest BCUT2D eigenvalue weighted by Crippen LogP contribution is -2.21. The van der Waals surface area contributed by atoms with Crippen LogP contribution in [-0.2, 0) is 0 Å². The van der Waals surface area contributed by atoms with Gasteiger partial charge in [0.05, 0.1) is 5.56 Å². The van der Waals surface area contributed by atoms with Gasteiger partial charge in [0, 0.05) is 25.5 Å². The minimum atomic E-state index is -0.831. The van der Waals surface area contributed by atoms with Crippen molar-refractivity contribution in [3.05, 3.63) is 47.8 Å². The van der Waals surface area contributed by atoms with Gasteiger partial charge in [-0.25, -0.2) is 18.7 Å². The molecule has 114 valence electrons. The van der Waals surface area contributed by atoms with Crippen LogP contribution in [0.3, 0.4) is 0 Å². The van der Waals surface area contributed by atoms with Crippen molar-refractivity contribution in [2.75, 3.05) is 23.3 Å². The maximum Gasteiger partial charge on any atom is 0.258 e. The second kappa shape index (κ2) is 6.05. The maximum absolute atomic E-state index is 13.5. The summed E-state index contributed by atoms with van der Waals surface area (Å²) in [7, 11) is 0. The van der Waals surface area contributed by atoms with Crippen LogP contribution in [0.1, 0.15) is 23.2 Å². The second-order valence-electron chi connectivity index (χ2n) is 5.02. The number of anilines is 2. The molecular weight excluding hydrogens is 290 g/mol. The first kappa shape index (κ1) is 14.4. The molecule has 1 fully saturated rings. The quantitative estimate of drug-likeness (QED) is 0.947. The third-order valence-electron chi connectivity index (χ3n) is 3.49. The van der Waals surface area contributed by atoms with Crippen molar-refractivity contribution in [2.45, 2.75) is 12.8 Å². The van der Waals surface area contributed by atoms with E-state index in [0.29, 0.717) is 5.95 Å². The number of carbonyl (C=O) groups is 1. The Labute approximate surface area is 126 Å². The Bertz CT molecular complexity index is 664. The van der Waals surface area contributed by atoms with Gasteiger partial charge in [-0.2, -0.15) is 0 Å². The lowest BCUT2D eigenvalue weighted by atomic mass is 10.2. The molecule has 1 aliphatic heterocycles. The minimum absolute atomic E-state index is 0.144. The van der Waals surface area contributed by atoms with E-state index in [2.05, 4.69) is 15.3 Å². The molecule has 0 saturated carbocycles. The molecule has 2 heterocycles. The van der Waals surface area contributed by atoms with Crippen molar-refractivity contribution >= 4 is 17.5 Å². The van der Waals surface area contributed by atoms with Crippen molar-refractivity contribution in [1.82, 2.24) is 9.97 Å². The molecule has 1 saturated heterocycles. The van der Waals surface area contributed by atoms with Crippen molar-refractivity contribution in [3.63, 3.8) is 0 Å². The van der Waals surface area contributed by atoms with E-state index in [9.17, 15) is 13.6 Å². The average molecular weight is 304 g/mol. The third-order valence-corrected chi connectivity index (χ3v) is 3.49. The Hall–Kier alpha value is -2.57. The zero-order chi connectivity index (χ0) is 15.5. The number of hydrogen-bond donors (Lipinski definition) is 1. The van der Waals surface area contributed by atoms with Crippen LogP contribution in [0.25, 0.3) is 0 Å². The number of aromatic nitrogens is 2. The van der Waals surface area contributed by atoms with Gasteiger partial charge in [-0.05, 0) is 25.0 Å². The van der Waals surface area contributed by atoms with E-state index in [1.54, 1.807) is 0 Å². The van der Waals surface area contributed by atoms with Crippen LogP contribution in [0.2, 0.25) is 0 Å². The summed E-state index contributed by atoms with van der Waals surface area (Å²) in [6.07, 6.45) is 4.90. The zero-order valence-corrected chi connectivity index (χ0v) is 11.7. The van der Waals surface area contributed by atoms with Crippen molar-refractivity contribution in [2.24, 2.45) is 0 Å². The molecule has 5 nitrogen and oxygen atoms in total. The summed E-state index contributed by atoms with van der Waals surface area (Å²) in [6, 6.07) is 3.38. The van der Waals surface area contributed by atoms with Crippen LogP contribution in [0.4, 0.5) is 20.4 Å². The van der Waals surface area contributed by atoms with E-state index in [4.69, 9.17) is 0 Å². The first-order chi connectivity index (χ1) is 10.6. The normalized spacial score (nSPS) is 14.2. The number of benzene rings is 1. The molecule has 0 unspecified atom stereocenters. The Morgan fingerprint density at radius 1 is 1.09 bits per heavy atom. The fourth-order valence-corrected chi connectivity index (χ4v) is 2.32. The highest BCUT2D eigenvalue weighted by atomic mass is 19.1. The van der Waals surface area contributed by atoms with E-state index < -0.39 is 23.2 Å². The number of hydrogen-bond acceptors (Lipinski definition) is 4. The third kappa shape index (κ3) is 2.88. The van der Waals surface area contributed by atoms with Gasteiger partial charge in [-0.1, -0.05) is 6.07 Å². The Balaban J connectivity index is 1.75. The molecule has 0 radical (unpaired) electrons. The predicted molar refractivity (Wildman–Crippen MR) is 77.8 cm³/mol. The van der Waals surface area contributed by atoms with Gasteiger partial charge in [0.1, 0.15) is 17.3 Å². The highest BCUT2D eigenvalue weighted by Gasteiger charge is 2.17. The van der Waals surface area contributed by atoms with Crippen LogP contribution in [-0.4, -0.2) is 29.0 Å². The van der Waals surface area contributed by atoms with E-state index in [1.807, 2.05) is 4.90 Å². The smallest absolute Gasteiger partial charge is 0.258 e. The molecule has 0 atom stereocenters. The number of para-hydroxylation sites is 1. The van der Waals surface area contributed by atoms with Crippen LogP contribution < -0.4 is 10.2 Å². The van der Waals surface area contributed by atoms with Crippen LogP contribution in [0.15, 0.2) is 30.6 Å². The Morgan fingerprint density at radius 2 is 1.68 bits per heavy atom. The summed E-state index contributed by atoms with van der Waals surface area (Å²) in [4.78, 5) is 22.3. The van der Waals surface area contributed by atoms with Gasteiger partial charge in [0.15, 0.2) is 0 Å². The standard InChI is InChI=1S/C15H14F2N4O/c16-11-4-3-5-12(17)13(11)20-14(22)10-8-18-15(19-9-10)21-6-1-2-7-21/h3-5,8-9H,1-2,6-7H2,(H,20,22). The van der Waals surface area contributed by atoms with Crippen molar-refractivity contribution in [3.8, 4) is 0 Å². The highest BCUT2D eigenvalue weighted by Crippen LogP contribution is 2.19. The zero-order valence-electron chi connectivity index (χ0n) is 11.7. The van der Waals surface area contributed by atoms with Crippen LogP contribution >= 0.6 is 0 Å². The highest BCUT2D eigenvalue weighted by molar-refractivity contribution is 6.04. The summed E-state index contributed by atoms with van der Waals surface area (Å²) < 4.78 is 27.0. The molecule has 7 heteroatoms. The van der Waals surface area contributed by atoms with Gasteiger partial charge in [0.2, 0.25) is 5.95 Å². The molecule has 22 heavy (non-hydrogen) atoms. The van der Waals surface area contributed by atoms with Crippen molar-refractivity contribution < 1.29 is 13.6 Å². The van der Waals surface area contributed by atoms with Gasteiger partial charge in [-0.3, -0.25) is 4.79 Å². The molecule has 1 amide bonds. The predicted octanol–water partition coefficient (Wildman–Crippen LogP) is 2.61. The van der Waals surface area contributed by atoms with Crippen molar-refractivity contribution in [1.29, 1.82) is 0 Å². The number of halogens is 2. The SMILES string of the molecule is O=C(Nc1c(F)cccc1F)c1cnc(N2CCCC2)nc1. The van der Waals surface area contributed by atoms with E-state index in [0.717, 1.165) is 38.1 Å². The topological polar surface area (TPSA) is 58.1 Å². The molecule has 1 N–H and O–H groups in total. The summed E-state index contributed by atoms with van der Waals surface area (Å²) in [5, 5.41) is 2.20. The fraction of sp³-hybridized carbons (Fsp3) is 0.267. The van der Waals surface area contributed by atoms with Crippen LogP contribution in [0.5, 0.6) is 0 Å². The van der Waals surface area contributed by atoms with Crippen LogP contribution in [0, 0.1) is 11.6 Å². The molecule has 2 aromatic rings. The largest absolute Gasteiger partial charge is 0.341 e. The monoisotopic (exact) mass is 304 g/mol. The molecule has 0 spiro atoms. The maximum atomic E-state index is 13.5. The second-order valence-corrected chi connectivity index (χ2v) is 5.02. The Morgan fingerprint density at radius 3 is 2.27 bits per heavy atom. The lowest BCUT2D eigenvalue weighted by molar-refractivity contribution is 0.102. The number of amides is 1. The molecule has 1 aromatic heterocycles. The summed E-state index contributed by atoms with van der Waals surface area (Å²) in [6.45, 7) is 1.79. The first-order valence-corrected chi connectivity index (χ1v) is 6.97. The van der Waals surface area contributed by atoms with Gasteiger partial charge < -0.3 is 10.2 Å². The van der Waals surface area contributed by atoms with Gasteiger partial charge in [0.25, 0.3) is 5.91 Å². The van der Waals surface area contributed by atoms with E-state index >= 15 is 0 Å². The fourth-order valence-electron chi connectivity index (χ4n) is 2.32. The minimum Gasteiger partial charge on any atom is -0.341 e. The molecule has 0 aliphatic carbocycles. The summed E-state index contributed by atoms with van der Waals surface area (Å²) >= 11 is 0. The van der Waals surface area contributed by atoms with Gasteiger partial charge in [-0.15, -0.1) is 0 Å². The molecule has 0 bridgehead atoms. The number of nitrogens with one attached hydrogen (secondary N) is 1. The Kier molecular flexibility index (Phi) is 3.95. The number of nitrogens with zero attached hydrogens (tertiary/aromatic N) is 3. The average Bonchev–Trinajstić information content (AvgIpc) is 3.05. The molecule has 3 rings (SSSR count). The number of rotatable bonds is 3. The summed E-state index contributed by atoms with van der Waals surface area (Å²) in [5.41, 5.74) is -0.332. The molecule has 1 aliphatic rings. The number of carbonyl (C=O) groups excluding carboxylic acids is 1. The van der Waals surface area contributed by atoms with Gasteiger partial charge >= 0.3 is 0 Å². The molecular formula is C15H14F2N4O. The molecule has 1 aromatic carbocycles. The van der Waals surface area contributed by atoms with E-state index in [1.165, 1.54) is 18.5 Å². The van der Waals surface area contributed by atoms with E-state index in [-0.39, 0.29) is 5.56 Å². The lowest BCUT2D eigenvalue weighted by Gasteiger charge is -2.14. The first-order valence-electron chi connectivity index (χ1n) is 6.97. The summed E-state index contributed by atoms with van der Waals surface area (Å²) in [5.74, 6) is -1.76.